The van der Waals surface area contributed by atoms with Gasteiger partial charge in [0.2, 0.25) is 0 Å². The minimum atomic E-state index is 0. The molecule has 0 atom stereocenters. The van der Waals surface area contributed by atoms with Gasteiger partial charge in [0.05, 0.1) is 0 Å². The first-order valence-corrected chi connectivity index (χ1v) is 0.901. The second-order valence-electron chi connectivity index (χ2n) is 0.322. The van der Waals surface area contributed by atoms with Crippen LogP contribution in [0, 0.1) is 0 Å². The normalized spacial score (nSPS) is 2.86. The minimum Gasteiger partial charge on any atom is -0.419 e. The largest absolute Gasteiger partial charge is 1.00 e. The van der Waals surface area contributed by atoms with Crippen molar-refractivity contribution in [3.05, 3.63) is 12.7 Å². The summed E-state index contributed by atoms with van der Waals surface area (Å²) < 4.78 is 0. The van der Waals surface area contributed by atoms with E-state index in [2.05, 4.69) is 6.58 Å². The maximum atomic E-state index is 8.93. The van der Waals surface area contributed by atoms with Crippen LogP contribution in [0.25, 0.3) is 0 Å². The van der Waals surface area contributed by atoms with Crippen LogP contribution in [0.3, 0.4) is 0 Å². The van der Waals surface area contributed by atoms with Crippen molar-refractivity contribution < 1.29 is 71.9 Å². The average molecular weight is 526 g/mol. The van der Waals surface area contributed by atoms with E-state index in [1.807, 2.05) is 0 Å². The molecule has 0 aromatic carbocycles. The molecule has 0 aliphatic heterocycles. The standard InChI is InChI=1S/C3H3O.Au.Nb.Ta/c1-2-3-4;;;/h2H,1H2;;;/q-1;+1;;. The van der Waals surface area contributed by atoms with Gasteiger partial charge in [-0.25, -0.2) is 12.7 Å². The zero-order chi connectivity index (χ0) is 3.41. The van der Waals surface area contributed by atoms with Gasteiger partial charge in [-0.1, -0.05) is 0 Å². The molecule has 0 rings (SSSR count). The summed E-state index contributed by atoms with van der Waals surface area (Å²) in [5, 5.41) is 0. The van der Waals surface area contributed by atoms with Gasteiger partial charge in [-0.3, -0.25) is 0 Å². The van der Waals surface area contributed by atoms with Crippen molar-refractivity contribution in [2.75, 3.05) is 0 Å². The molecule has 0 spiro atoms. The Kier molecular flexibility index (Phi) is 85.2. The van der Waals surface area contributed by atoms with Crippen LogP contribution in [0.2, 0.25) is 0 Å². The van der Waals surface area contributed by atoms with Crippen molar-refractivity contribution in [3.8, 4) is 0 Å². The summed E-state index contributed by atoms with van der Waals surface area (Å²) in [5.74, 6) is 0. The van der Waals surface area contributed by atoms with E-state index < -0.39 is 0 Å². The van der Waals surface area contributed by atoms with E-state index >= 15 is 0 Å². The molecule has 0 bridgehead atoms. The van der Waals surface area contributed by atoms with E-state index in [-0.39, 0.29) is 67.1 Å². The van der Waals surface area contributed by atoms with E-state index in [1.54, 1.807) is 0 Å². The van der Waals surface area contributed by atoms with Crippen LogP contribution >= 0.6 is 0 Å². The van der Waals surface area contributed by atoms with Gasteiger partial charge in [0.25, 0.3) is 0 Å². The van der Waals surface area contributed by atoms with Crippen molar-refractivity contribution >= 4 is 6.29 Å². The van der Waals surface area contributed by atoms with Crippen molar-refractivity contribution in [1.29, 1.82) is 0 Å². The maximum Gasteiger partial charge on any atom is 1.00 e. The maximum absolute atomic E-state index is 8.93. The summed E-state index contributed by atoms with van der Waals surface area (Å²) >= 11 is 0. The Morgan fingerprint density at radius 3 is 1.71 bits per heavy atom. The summed E-state index contributed by atoms with van der Waals surface area (Å²) in [4.78, 5) is 8.93. The third-order valence-electron chi connectivity index (χ3n) is 0.0833. The monoisotopic (exact) mass is 526 g/mol. The van der Waals surface area contributed by atoms with E-state index in [1.165, 1.54) is 6.29 Å². The molecule has 0 saturated carbocycles. The van der Waals surface area contributed by atoms with Crippen LogP contribution in [-0.2, 0) is 71.9 Å². The van der Waals surface area contributed by atoms with Crippen LogP contribution in [0.15, 0.2) is 12.7 Å². The third kappa shape index (κ3) is 35.0. The molecule has 1 nitrogen and oxygen atoms in total. The minimum absolute atomic E-state index is 0. The van der Waals surface area contributed by atoms with Crippen molar-refractivity contribution in [2.24, 2.45) is 0 Å². The fourth-order valence-corrected chi connectivity index (χ4v) is 0. The molecule has 4 heteroatoms. The summed E-state index contributed by atoms with van der Waals surface area (Å²) in [6.07, 6.45) is 2.51. The molecule has 0 fully saturated rings. The Morgan fingerprint density at radius 1 is 1.57 bits per heavy atom. The summed E-state index contributed by atoms with van der Waals surface area (Å²) in [6.45, 7) is 3.06. The van der Waals surface area contributed by atoms with Crippen LogP contribution in [0.4, 0.5) is 0 Å². The SMILES string of the molecule is C=C[C-]=O.[Au+].[Nb].[Ta]. The Morgan fingerprint density at radius 2 is 1.71 bits per heavy atom. The zero-order valence-corrected chi connectivity index (χ0v) is 11.0. The quantitative estimate of drug-likeness (QED) is 0.273. The molecule has 0 aromatic rings. The van der Waals surface area contributed by atoms with E-state index in [0.717, 1.165) is 6.08 Å². The van der Waals surface area contributed by atoms with Gasteiger partial charge in [0.15, 0.2) is 0 Å². The fourth-order valence-electron chi connectivity index (χ4n) is 0. The Labute approximate surface area is 89.8 Å². The van der Waals surface area contributed by atoms with Crippen LogP contribution in [-0.4, -0.2) is 6.29 Å². The Balaban J connectivity index is -0.0000000150. The van der Waals surface area contributed by atoms with Crippen molar-refractivity contribution in [1.82, 2.24) is 0 Å². The second kappa shape index (κ2) is 25.5. The number of carbonyl (C=O) groups excluding carboxylic acids is 1. The molecular formula is C3H3AuNbOTa. The van der Waals surface area contributed by atoms with Gasteiger partial charge in [0.1, 0.15) is 0 Å². The molecule has 0 aromatic heterocycles. The van der Waals surface area contributed by atoms with Gasteiger partial charge >= 0.3 is 22.4 Å². The van der Waals surface area contributed by atoms with Gasteiger partial charge in [0, 0.05) is 44.8 Å². The van der Waals surface area contributed by atoms with Crippen molar-refractivity contribution in [3.63, 3.8) is 0 Å². The van der Waals surface area contributed by atoms with Crippen LogP contribution < -0.4 is 0 Å². The molecule has 0 aliphatic rings. The van der Waals surface area contributed by atoms with Crippen LogP contribution in [0.1, 0.15) is 0 Å². The Bertz CT molecular complexity index is 35.9. The molecule has 42 valence electrons. The average Bonchev–Trinajstić information content (AvgIpc) is 1.37. The van der Waals surface area contributed by atoms with E-state index in [4.69, 9.17) is 4.79 Å². The Hall–Kier alpha value is 1.63. The first-order valence-electron chi connectivity index (χ1n) is 0.901. The predicted molar refractivity (Wildman–Crippen MR) is 15.9 cm³/mol. The topological polar surface area (TPSA) is 17.1 Å². The number of hydrogen-bond donors (Lipinski definition) is 0. The van der Waals surface area contributed by atoms with Gasteiger partial charge in [-0.15, -0.1) is 0 Å². The zero-order valence-electron chi connectivity index (χ0n) is 3.39. The first-order chi connectivity index (χ1) is 1.91. The fraction of sp³-hybridized carbons (Fsp3) is 0. The first kappa shape index (κ1) is 23.4. The molecular weight excluding hydrogens is 523 g/mol. The molecule has 7 heavy (non-hydrogen) atoms. The van der Waals surface area contributed by atoms with E-state index in [9.17, 15) is 0 Å². The summed E-state index contributed by atoms with van der Waals surface area (Å²) in [5.41, 5.74) is 0. The molecule has 0 unspecified atom stereocenters. The predicted octanol–water partition coefficient (Wildman–Crippen LogP) is 0.275. The van der Waals surface area contributed by atoms with Crippen molar-refractivity contribution in [2.45, 2.75) is 0 Å². The summed E-state index contributed by atoms with van der Waals surface area (Å²) in [7, 11) is 0. The van der Waals surface area contributed by atoms with Crippen LogP contribution in [0.5, 0.6) is 0 Å². The molecule has 0 saturated heterocycles. The molecule has 2 radical (unpaired) electrons. The van der Waals surface area contributed by atoms with Gasteiger partial charge in [-0.2, -0.15) is 0 Å². The smallest absolute Gasteiger partial charge is 0.419 e. The second-order valence-corrected chi connectivity index (χ2v) is 0.322. The summed E-state index contributed by atoms with van der Waals surface area (Å²) in [6, 6.07) is 0. The van der Waals surface area contributed by atoms with Gasteiger partial charge < -0.3 is 4.79 Å². The molecule has 0 N–H and O–H groups in total. The molecule has 0 amide bonds. The number of hydrogen-bond acceptors (Lipinski definition) is 1. The number of allylic oxidation sites excluding steroid dienone is 1. The number of rotatable bonds is 1. The van der Waals surface area contributed by atoms with E-state index in [0.29, 0.717) is 0 Å². The molecule has 0 heterocycles. The van der Waals surface area contributed by atoms with Gasteiger partial charge in [-0.05, 0) is 6.29 Å². The molecule has 0 aliphatic carbocycles. The third-order valence-corrected chi connectivity index (χ3v) is 0.0833.